The zero-order valence-corrected chi connectivity index (χ0v) is 12.1. The van der Waals surface area contributed by atoms with Crippen LogP contribution in [0.5, 0.6) is 0 Å². The lowest BCUT2D eigenvalue weighted by molar-refractivity contribution is 0.601. The number of nitrogen functional groups attached to an aromatic ring is 1. The van der Waals surface area contributed by atoms with E-state index in [2.05, 4.69) is 4.72 Å². The molecule has 0 bridgehead atoms. The Labute approximate surface area is 121 Å². The molecule has 4 nitrogen and oxygen atoms in total. The molecular formula is C13H12ClFN2O2S. The predicted molar refractivity (Wildman–Crippen MR) is 77.8 cm³/mol. The van der Waals surface area contributed by atoms with Crippen molar-refractivity contribution in [1.82, 2.24) is 0 Å². The Balaban J connectivity index is 2.35. The van der Waals surface area contributed by atoms with Crippen molar-refractivity contribution in [2.75, 3.05) is 10.5 Å². The van der Waals surface area contributed by atoms with Crippen LogP contribution in [0.4, 0.5) is 15.8 Å². The Morgan fingerprint density at radius 3 is 2.50 bits per heavy atom. The van der Waals surface area contributed by atoms with Crippen LogP contribution >= 0.6 is 11.6 Å². The summed E-state index contributed by atoms with van der Waals surface area (Å²) in [5.74, 6) is -0.400. The molecule has 2 rings (SSSR count). The molecule has 0 fully saturated rings. The largest absolute Gasteiger partial charge is 0.398 e. The summed E-state index contributed by atoms with van der Waals surface area (Å²) in [6.07, 6.45) is 0. The fourth-order valence-corrected chi connectivity index (χ4v) is 2.92. The van der Waals surface area contributed by atoms with Gasteiger partial charge < -0.3 is 5.73 Å². The highest BCUT2D eigenvalue weighted by Crippen LogP contribution is 2.24. The van der Waals surface area contributed by atoms with Crippen LogP contribution in [0, 0.1) is 12.7 Å². The van der Waals surface area contributed by atoms with E-state index in [9.17, 15) is 12.8 Å². The average Bonchev–Trinajstić information content (AvgIpc) is 2.37. The Kier molecular flexibility index (Phi) is 3.87. The molecule has 2 aromatic carbocycles. The topological polar surface area (TPSA) is 72.2 Å². The molecule has 0 amide bonds. The van der Waals surface area contributed by atoms with Gasteiger partial charge in [0, 0.05) is 5.69 Å². The van der Waals surface area contributed by atoms with Crippen molar-refractivity contribution in [3.05, 3.63) is 52.8 Å². The minimum atomic E-state index is -3.79. The van der Waals surface area contributed by atoms with Gasteiger partial charge >= 0.3 is 0 Å². The molecule has 0 heterocycles. The fourth-order valence-electron chi connectivity index (χ4n) is 1.60. The number of benzene rings is 2. The fraction of sp³-hybridized carbons (Fsp3) is 0.0769. The van der Waals surface area contributed by atoms with Crippen LogP contribution in [0.15, 0.2) is 41.3 Å². The lowest BCUT2D eigenvalue weighted by atomic mass is 10.2. The van der Waals surface area contributed by atoms with Crippen molar-refractivity contribution in [3.63, 3.8) is 0 Å². The van der Waals surface area contributed by atoms with E-state index in [0.717, 1.165) is 0 Å². The highest BCUT2D eigenvalue weighted by molar-refractivity contribution is 7.92. The minimum absolute atomic E-state index is 0.0151. The first kappa shape index (κ1) is 14.6. The molecule has 0 saturated carbocycles. The molecule has 106 valence electrons. The monoisotopic (exact) mass is 314 g/mol. The molecule has 0 unspecified atom stereocenters. The maximum absolute atomic E-state index is 13.1. The number of anilines is 2. The lowest BCUT2D eigenvalue weighted by Gasteiger charge is -2.10. The molecule has 3 N–H and O–H groups in total. The predicted octanol–water partition coefficient (Wildman–Crippen LogP) is 3.17. The van der Waals surface area contributed by atoms with Crippen LogP contribution in [-0.4, -0.2) is 8.42 Å². The number of aryl methyl sites for hydroxylation is 1. The van der Waals surface area contributed by atoms with Gasteiger partial charge in [0.25, 0.3) is 10.0 Å². The van der Waals surface area contributed by atoms with Gasteiger partial charge in [0.1, 0.15) is 5.82 Å². The Morgan fingerprint density at radius 1 is 1.20 bits per heavy atom. The quantitative estimate of drug-likeness (QED) is 0.855. The summed E-state index contributed by atoms with van der Waals surface area (Å²) < 4.78 is 39.8. The Hall–Kier alpha value is -1.79. The van der Waals surface area contributed by atoms with Crippen molar-refractivity contribution in [2.24, 2.45) is 0 Å². The summed E-state index contributed by atoms with van der Waals surface area (Å²) in [6, 6.07) is 7.97. The van der Waals surface area contributed by atoms with Crippen molar-refractivity contribution in [3.8, 4) is 0 Å². The van der Waals surface area contributed by atoms with E-state index >= 15 is 0 Å². The molecule has 0 saturated heterocycles. The second-order valence-corrected chi connectivity index (χ2v) is 6.34. The summed E-state index contributed by atoms with van der Waals surface area (Å²) in [5, 5.41) is 0.156. The molecule has 20 heavy (non-hydrogen) atoms. The molecule has 7 heteroatoms. The van der Waals surface area contributed by atoms with Crippen LogP contribution in [0.3, 0.4) is 0 Å². The van der Waals surface area contributed by atoms with Crippen LogP contribution in [0.1, 0.15) is 5.56 Å². The van der Waals surface area contributed by atoms with Crippen molar-refractivity contribution in [2.45, 2.75) is 11.8 Å². The van der Waals surface area contributed by atoms with Crippen molar-refractivity contribution >= 4 is 33.0 Å². The summed E-state index contributed by atoms with van der Waals surface area (Å²) >= 11 is 5.80. The number of hydrogen-bond acceptors (Lipinski definition) is 3. The summed E-state index contributed by atoms with van der Waals surface area (Å²) in [7, 11) is -3.79. The van der Waals surface area contributed by atoms with E-state index in [-0.39, 0.29) is 15.6 Å². The first-order chi connectivity index (χ1) is 9.29. The molecule has 0 aliphatic carbocycles. The molecular weight excluding hydrogens is 303 g/mol. The van der Waals surface area contributed by atoms with E-state index in [1.807, 2.05) is 0 Å². The van der Waals surface area contributed by atoms with Gasteiger partial charge in [-0.1, -0.05) is 11.6 Å². The van der Waals surface area contributed by atoms with Gasteiger partial charge in [-0.2, -0.15) is 0 Å². The third-order valence-corrected chi connectivity index (χ3v) is 4.40. The maximum Gasteiger partial charge on any atom is 0.261 e. The number of rotatable bonds is 3. The third kappa shape index (κ3) is 3.02. The maximum atomic E-state index is 13.1. The first-order valence-electron chi connectivity index (χ1n) is 5.63. The second-order valence-electron chi connectivity index (χ2n) is 4.25. The Morgan fingerprint density at radius 2 is 1.90 bits per heavy atom. The molecule has 0 spiro atoms. The van der Waals surface area contributed by atoms with Crippen molar-refractivity contribution < 1.29 is 12.8 Å². The molecule has 0 aromatic heterocycles. The van der Waals surface area contributed by atoms with Gasteiger partial charge in [0.05, 0.1) is 15.6 Å². The van der Waals surface area contributed by atoms with E-state index in [1.54, 1.807) is 6.92 Å². The number of nitrogens with one attached hydrogen (secondary N) is 1. The van der Waals surface area contributed by atoms with Crippen LogP contribution < -0.4 is 10.5 Å². The average molecular weight is 315 g/mol. The van der Waals surface area contributed by atoms with Crippen LogP contribution in [0.2, 0.25) is 5.02 Å². The van der Waals surface area contributed by atoms with Gasteiger partial charge in [-0.3, -0.25) is 4.72 Å². The standard InChI is InChI=1S/C13H12ClFN2O2S/c1-8-6-9(2-4-12(8)15)17-20(18,19)10-3-5-13(16)11(14)7-10/h2-7,17H,16H2,1H3. The van der Waals surface area contributed by atoms with Crippen molar-refractivity contribution in [1.29, 1.82) is 0 Å². The number of nitrogens with two attached hydrogens (primary N) is 1. The second kappa shape index (κ2) is 5.30. The van der Waals surface area contributed by atoms with Gasteiger partial charge in [-0.25, -0.2) is 12.8 Å². The van der Waals surface area contributed by atoms with Crippen LogP contribution in [0.25, 0.3) is 0 Å². The molecule has 0 aliphatic heterocycles. The molecule has 0 radical (unpaired) electrons. The zero-order valence-electron chi connectivity index (χ0n) is 10.5. The first-order valence-corrected chi connectivity index (χ1v) is 7.50. The summed E-state index contributed by atoms with van der Waals surface area (Å²) in [6.45, 7) is 1.55. The van der Waals surface area contributed by atoms with Gasteiger partial charge in [-0.05, 0) is 48.9 Å². The SMILES string of the molecule is Cc1cc(NS(=O)(=O)c2ccc(N)c(Cl)c2)ccc1F. The minimum Gasteiger partial charge on any atom is -0.398 e. The smallest absolute Gasteiger partial charge is 0.261 e. The van der Waals surface area contributed by atoms with Gasteiger partial charge in [-0.15, -0.1) is 0 Å². The third-order valence-electron chi connectivity index (χ3n) is 2.69. The zero-order chi connectivity index (χ0) is 14.9. The summed E-state index contributed by atoms with van der Waals surface area (Å²) in [5.41, 5.74) is 6.45. The molecule has 2 aromatic rings. The van der Waals surface area contributed by atoms with Crippen LogP contribution in [-0.2, 0) is 10.0 Å². The normalized spacial score (nSPS) is 11.3. The summed E-state index contributed by atoms with van der Waals surface area (Å²) in [4.78, 5) is -0.0151. The van der Waals surface area contributed by atoms with Gasteiger partial charge in [0.15, 0.2) is 0 Å². The van der Waals surface area contributed by atoms with E-state index in [1.165, 1.54) is 36.4 Å². The van der Waals surface area contributed by atoms with E-state index in [0.29, 0.717) is 11.3 Å². The van der Waals surface area contributed by atoms with E-state index in [4.69, 9.17) is 17.3 Å². The molecule has 0 atom stereocenters. The lowest BCUT2D eigenvalue weighted by Crippen LogP contribution is -2.13. The highest BCUT2D eigenvalue weighted by atomic mass is 35.5. The number of sulfonamides is 1. The van der Waals surface area contributed by atoms with E-state index < -0.39 is 15.8 Å². The Bertz CT molecular complexity index is 763. The number of halogens is 2. The number of hydrogen-bond donors (Lipinski definition) is 2. The van der Waals surface area contributed by atoms with Gasteiger partial charge in [0.2, 0.25) is 0 Å². The highest BCUT2D eigenvalue weighted by Gasteiger charge is 2.15. The molecule has 0 aliphatic rings.